The zero-order chi connectivity index (χ0) is 12.5. The molecule has 0 fully saturated rings. The molecule has 3 rings (SSSR count). The standard InChI is InChI=1S/C17H20O/c1-12-7-9-15-14-6-4-2-3-5-13(14)11-17(18)16(15)10-8-12/h7-12,18H,2-6H2,1H3. The summed E-state index contributed by atoms with van der Waals surface area (Å²) < 4.78 is 0. The third kappa shape index (κ3) is 1.98. The Bertz CT molecular complexity index is 523. The van der Waals surface area contributed by atoms with Gasteiger partial charge in [0, 0.05) is 5.56 Å². The van der Waals surface area contributed by atoms with Gasteiger partial charge in [-0.25, -0.2) is 0 Å². The van der Waals surface area contributed by atoms with Crippen molar-refractivity contribution in [2.45, 2.75) is 39.0 Å². The summed E-state index contributed by atoms with van der Waals surface area (Å²) in [7, 11) is 0. The van der Waals surface area contributed by atoms with Crippen LogP contribution in [0.3, 0.4) is 0 Å². The maximum atomic E-state index is 10.2. The SMILES string of the molecule is CC1C=Cc2c(O)cc3c(c2C=C1)CCCCC3. The number of rotatable bonds is 0. The predicted octanol–water partition coefficient (Wildman–Crippen LogP) is 4.34. The lowest BCUT2D eigenvalue weighted by molar-refractivity contribution is 0.473. The van der Waals surface area contributed by atoms with Crippen molar-refractivity contribution in [1.82, 2.24) is 0 Å². The lowest BCUT2D eigenvalue weighted by Crippen LogP contribution is -1.98. The zero-order valence-corrected chi connectivity index (χ0v) is 10.9. The first-order valence-corrected chi connectivity index (χ1v) is 7.00. The van der Waals surface area contributed by atoms with Gasteiger partial charge in [0.25, 0.3) is 0 Å². The number of aromatic hydroxyl groups is 1. The number of aryl methyl sites for hydroxylation is 1. The fraction of sp³-hybridized carbons (Fsp3) is 0.412. The van der Waals surface area contributed by atoms with Crippen molar-refractivity contribution >= 4 is 12.2 Å². The second-order valence-electron chi connectivity index (χ2n) is 5.50. The Hall–Kier alpha value is -1.50. The molecule has 0 heterocycles. The van der Waals surface area contributed by atoms with Crippen molar-refractivity contribution in [3.05, 3.63) is 40.5 Å². The van der Waals surface area contributed by atoms with E-state index in [2.05, 4.69) is 31.2 Å². The summed E-state index contributed by atoms with van der Waals surface area (Å²) in [6.07, 6.45) is 14.8. The summed E-state index contributed by atoms with van der Waals surface area (Å²) in [4.78, 5) is 0. The van der Waals surface area contributed by atoms with E-state index in [1.807, 2.05) is 6.07 Å². The van der Waals surface area contributed by atoms with E-state index in [9.17, 15) is 5.11 Å². The Balaban J connectivity index is 2.21. The quantitative estimate of drug-likeness (QED) is 0.669. The van der Waals surface area contributed by atoms with Crippen LogP contribution in [-0.4, -0.2) is 5.11 Å². The largest absolute Gasteiger partial charge is 0.507 e. The molecule has 0 saturated heterocycles. The molecule has 1 atom stereocenters. The fourth-order valence-corrected chi connectivity index (χ4v) is 3.04. The Kier molecular flexibility index (Phi) is 2.99. The van der Waals surface area contributed by atoms with Crippen molar-refractivity contribution in [3.8, 4) is 5.75 Å². The van der Waals surface area contributed by atoms with Crippen LogP contribution in [0.4, 0.5) is 0 Å². The highest BCUT2D eigenvalue weighted by molar-refractivity contribution is 5.75. The van der Waals surface area contributed by atoms with Gasteiger partial charge in [0.15, 0.2) is 0 Å². The molecule has 2 aliphatic carbocycles. The lowest BCUT2D eigenvalue weighted by atomic mass is 9.92. The molecular formula is C17H20O. The number of benzene rings is 1. The van der Waals surface area contributed by atoms with Gasteiger partial charge in [-0.1, -0.05) is 37.6 Å². The summed E-state index contributed by atoms with van der Waals surface area (Å²) in [5.41, 5.74) is 5.09. The van der Waals surface area contributed by atoms with E-state index in [-0.39, 0.29) is 0 Å². The zero-order valence-electron chi connectivity index (χ0n) is 10.9. The van der Waals surface area contributed by atoms with Crippen LogP contribution >= 0.6 is 0 Å². The predicted molar refractivity (Wildman–Crippen MR) is 76.6 cm³/mol. The van der Waals surface area contributed by atoms with Crippen LogP contribution in [-0.2, 0) is 12.8 Å². The molecule has 1 aromatic carbocycles. The van der Waals surface area contributed by atoms with Crippen LogP contribution in [0.2, 0.25) is 0 Å². The summed E-state index contributed by atoms with van der Waals surface area (Å²) in [6, 6.07) is 1.99. The van der Waals surface area contributed by atoms with Crippen LogP contribution < -0.4 is 0 Å². The second kappa shape index (κ2) is 4.64. The number of fused-ring (bicyclic) bond motifs is 3. The molecule has 1 aromatic rings. The lowest BCUT2D eigenvalue weighted by Gasteiger charge is -2.14. The van der Waals surface area contributed by atoms with Gasteiger partial charge in [-0.05, 0) is 54.4 Å². The molecule has 94 valence electrons. The van der Waals surface area contributed by atoms with Gasteiger partial charge in [0.1, 0.15) is 5.75 Å². The number of allylic oxidation sites excluding steroid dienone is 2. The second-order valence-corrected chi connectivity index (χ2v) is 5.50. The molecule has 0 spiro atoms. The van der Waals surface area contributed by atoms with Crippen LogP contribution in [0.5, 0.6) is 5.75 Å². The van der Waals surface area contributed by atoms with Crippen molar-refractivity contribution in [3.63, 3.8) is 0 Å². The maximum absolute atomic E-state index is 10.2. The highest BCUT2D eigenvalue weighted by Crippen LogP contribution is 2.35. The first-order valence-electron chi connectivity index (χ1n) is 7.00. The van der Waals surface area contributed by atoms with E-state index in [0.29, 0.717) is 11.7 Å². The molecule has 1 unspecified atom stereocenters. The van der Waals surface area contributed by atoms with Crippen LogP contribution in [0.25, 0.3) is 12.2 Å². The smallest absolute Gasteiger partial charge is 0.123 e. The average Bonchev–Trinajstić information content (AvgIpc) is 2.68. The molecule has 2 aliphatic rings. The van der Waals surface area contributed by atoms with Gasteiger partial charge >= 0.3 is 0 Å². The Morgan fingerprint density at radius 3 is 2.56 bits per heavy atom. The van der Waals surface area contributed by atoms with Crippen molar-refractivity contribution in [2.24, 2.45) is 5.92 Å². The van der Waals surface area contributed by atoms with Gasteiger partial charge < -0.3 is 5.11 Å². The minimum absolute atomic E-state index is 0.443. The molecule has 1 N–H and O–H groups in total. The number of phenolic OH excluding ortho intramolecular Hbond substituents is 1. The maximum Gasteiger partial charge on any atom is 0.123 e. The Morgan fingerprint density at radius 1 is 1.00 bits per heavy atom. The Morgan fingerprint density at radius 2 is 1.72 bits per heavy atom. The first kappa shape index (κ1) is 11.6. The van der Waals surface area contributed by atoms with Crippen LogP contribution in [0.15, 0.2) is 18.2 Å². The van der Waals surface area contributed by atoms with E-state index < -0.39 is 0 Å². The first-order chi connectivity index (χ1) is 8.75. The molecule has 1 heteroatoms. The average molecular weight is 240 g/mol. The van der Waals surface area contributed by atoms with E-state index in [1.165, 1.54) is 36.0 Å². The molecule has 0 aromatic heterocycles. The van der Waals surface area contributed by atoms with E-state index >= 15 is 0 Å². The highest BCUT2D eigenvalue weighted by atomic mass is 16.3. The van der Waals surface area contributed by atoms with Crippen molar-refractivity contribution < 1.29 is 5.11 Å². The Labute approximate surface area is 109 Å². The monoisotopic (exact) mass is 240 g/mol. The van der Waals surface area contributed by atoms with E-state index in [1.54, 1.807) is 0 Å². The third-order valence-corrected chi connectivity index (χ3v) is 4.10. The minimum Gasteiger partial charge on any atom is -0.507 e. The van der Waals surface area contributed by atoms with Gasteiger partial charge in [-0.3, -0.25) is 0 Å². The number of phenols is 1. The molecule has 0 aliphatic heterocycles. The molecule has 0 amide bonds. The van der Waals surface area contributed by atoms with Crippen molar-refractivity contribution in [1.29, 1.82) is 0 Å². The van der Waals surface area contributed by atoms with Crippen LogP contribution in [0.1, 0.15) is 48.4 Å². The molecule has 1 nitrogen and oxygen atoms in total. The van der Waals surface area contributed by atoms with E-state index in [0.717, 1.165) is 18.4 Å². The summed E-state index contributed by atoms with van der Waals surface area (Å²) in [6.45, 7) is 2.18. The van der Waals surface area contributed by atoms with Gasteiger partial charge in [0.05, 0.1) is 0 Å². The molecule has 0 saturated carbocycles. The molecule has 18 heavy (non-hydrogen) atoms. The number of hydrogen-bond donors (Lipinski definition) is 1. The minimum atomic E-state index is 0.443. The molecule has 0 bridgehead atoms. The summed E-state index contributed by atoms with van der Waals surface area (Å²) in [5, 5.41) is 10.2. The van der Waals surface area contributed by atoms with Gasteiger partial charge in [-0.15, -0.1) is 0 Å². The molecule has 0 radical (unpaired) electrons. The molecular weight excluding hydrogens is 220 g/mol. The van der Waals surface area contributed by atoms with Gasteiger partial charge in [0.2, 0.25) is 0 Å². The van der Waals surface area contributed by atoms with Gasteiger partial charge in [-0.2, -0.15) is 0 Å². The van der Waals surface area contributed by atoms with Crippen LogP contribution in [0, 0.1) is 5.92 Å². The highest BCUT2D eigenvalue weighted by Gasteiger charge is 2.17. The summed E-state index contributed by atoms with van der Waals surface area (Å²) in [5.74, 6) is 0.888. The fourth-order valence-electron chi connectivity index (χ4n) is 3.04. The normalized spacial score (nSPS) is 21.9. The van der Waals surface area contributed by atoms with E-state index in [4.69, 9.17) is 0 Å². The van der Waals surface area contributed by atoms with Crippen molar-refractivity contribution in [2.75, 3.05) is 0 Å². The third-order valence-electron chi connectivity index (χ3n) is 4.10. The topological polar surface area (TPSA) is 20.2 Å². The summed E-state index contributed by atoms with van der Waals surface area (Å²) >= 11 is 0. The number of hydrogen-bond acceptors (Lipinski definition) is 1.